The molecule has 0 bridgehead atoms. The summed E-state index contributed by atoms with van der Waals surface area (Å²) in [7, 11) is 0. The monoisotopic (exact) mass is 397 g/mol. The molecule has 1 aromatic heterocycles. The minimum absolute atomic E-state index is 0.0794. The summed E-state index contributed by atoms with van der Waals surface area (Å²) in [4.78, 5) is 16.5. The standard InChI is InChI=1S/C26H20FNO2/c27-22-10-6-19(7-11-22)16-23(29)17-20-8-12-24(13-9-20)30-26-14-15-28-18-25(26)21-4-2-1-3-5-21/h1-15,18H,16-17H2. The minimum Gasteiger partial charge on any atom is -0.457 e. The van der Waals surface area contributed by atoms with Crippen LogP contribution in [0.3, 0.4) is 0 Å². The Labute approximate surface area is 174 Å². The van der Waals surface area contributed by atoms with Gasteiger partial charge in [-0.3, -0.25) is 9.78 Å². The van der Waals surface area contributed by atoms with Gasteiger partial charge in [-0.1, -0.05) is 54.6 Å². The number of nitrogens with zero attached hydrogens (tertiary/aromatic N) is 1. The summed E-state index contributed by atoms with van der Waals surface area (Å²) in [6.07, 6.45) is 4.09. The second-order valence-electron chi connectivity index (χ2n) is 7.00. The Kier molecular flexibility index (Phi) is 5.95. The van der Waals surface area contributed by atoms with Gasteiger partial charge in [0, 0.05) is 30.8 Å². The highest BCUT2D eigenvalue weighted by Crippen LogP contribution is 2.32. The topological polar surface area (TPSA) is 39.2 Å². The molecule has 0 N–H and O–H groups in total. The van der Waals surface area contributed by atoms with E-state index in [0.717, 1.165) is 28.0 Å². The van der Waals surface area contributed by atoms with Crippen molar-refractivity contribution in [2.45, 2.75) is 12.8 Å². The number of hydrogen-bond donors (Lipinski definition) is 0. The lowest BCUT2D eigenvalue weighted by Crippen LogP contribution is -2.06. The number of ketones is 1. The fraction of sp³-hybridized carbons (Fsp3) is 0.0769. The van der Waals surface area contributed by atoms with Gasteiger partial charge < -0.3 is 4.74 Å². The van der Waals surface area contributed by atoms with Gasteiger partial charge >= 0.3 is 0 Å². The Hall–Kier alpha value is -3.79. The van der Waals surface area contributed by atoms with E-state index in [9.17, 15) is 9.18 Å². The zero-order valence-corrected chi connectivity index (χ0v) is 16.3. The molecule has 0 radical (unpaired) electrons. The summed E-state index contributed by atoms with van der Waals surface area (Å²) >= 11 is 0. The molecule has 0 unspecified atom stereocenters. The second-order valence-corrected chi connectivity index (χ2v) is 7.00. The summed E-state index contributed by atoms with van der Waals surface area (Å²) in [5, 5.41) is 0. The summed E-state index contributed by atoms with van der Waals surface area (Å²) in [5.74, 6) is 1.19. The lowest BCUT2D eigenvalue weighted by atomic mass is 10.0. The third kappa shape index (κ3) is 4.97. The van der Waals surface area contributed by atoms with Crippen molar-refractivity contribution in [3.05, 3.63) is 114 Å². The molecule has 30 heavy (non-hydrogen) atoms. The van der Waals surface area contributed by atoms with E-state index in [4.69, 9.17) is 4.74 Å². The van der Waals surface area contributed by atoms with Crippen molar-refractivity contribution >= 4 is 5.78 Å². The first-order valence-corrected chi connectivity index (χ1v) is 9.70. The van der Waals surface area contributed by atoms with Crippen molar-refractivity contribution in [2.24, 2.45) is 0 Å². The van der Waals surface area contributed by atoms with Crippen LogP contribution in [-0.4, -0.2) is 10.8 Å². The Morgan fingerprint density at radius 3 is 2.10 bits per heavy atom. The molecular formula is C26H20FNO2. The first-order chi connectivity index (χ1) is 14.7. The van der Waals surface area contributed by atoms with Crippen LogP contribution in [0.2, 0.25) is 0 Å². The molecule has 1 heterocycles. The fourth-order valence-corrected chi connectivity index (χ4v) is 3.23. The molecule has 148 valence electrons. The maximum absolute atomic E-state index is 13.0. The molecular weight excluding hydrogens is 377 g/mol. The van der Waals surface area contributed by atoms with E-state index in [-0.39, 0.29) is 18.0 Å². The molecule has 0 aliphatic carbocycles. The van der Waals surface area contributed by atoms with E-state index in [1.54, 1.807) is 24.5 Å². The SMILES string of the molecule is O=C(Cc1ccc(F)cc1)Cc1ccc(Oc2ccncc2-c2ccccc2)cc1. The number of halogens is 1. The number of ether oxygens (including phenoxy) is 1. The van der Waals surface area contributed by atoms with Gasteiger partial charge in [-0.15, -0.1) is 0 Å². The molecule has 4 heteroatoms. The average molecular weight is 397 g/mol. The number of benzene rings is 3. The molecule has 3 nitrogen and oxygen atoms in total. The van der Waals surface area contributed by atoms with Gasteiger partial charge in [0.05, 0.1) is 0 Å². The van der Waals surface area contributed by atoms with Crippen LogP contribution in [0, 0.1) is 5.82 Å². The Balaban J connectivity index is 1.42. The summed E-state index contributed by atoms with van der Waals surface area (Å²) in [6, 6.07) is 25.3. The molecule has 4 aromatic rings. The van der Waals surface area contributed by atoms with E-state index < -0.39 is 0 Å². The van der Waals surface area contributed by atoms with Crippen molar-refractivity contribution < 1.29 is 13.9 Å². The number of rotatable bonds is 7. The zero-order valence-electron chi connectivity index (χ0n) is 16.3. The molecule has 0 spiro atoms. The number of carbonyl (C=O) groups is 1. The molecule has 3 aromatic carbocycles. The first-order valence-electron chi connectivity index (χ1n) is 9.70. The first kappa shape index (κ1) is 19.5. The lowest BCUT2D eigenvalue weighted by Gasteiger charge is -2.11. The summed E-state index contributed by atoms with van der Waals surface area (Å²) in [5.41, 5.74) is 3.67. The number of carbonyl (C=O) groups excluding carboxylic acids is 1. The van der Waals surface area contributed by atoms with Crippen LogP contribution in [0.1, 0.15) is 11.1 Å². The van der Waals surface area contributed by atoms with Gasteiger partial charge in [-0.25, -0.2) is 4.39 Å². The molecule has 0 aliphatic heterocycles. The predicted octanol–water partition coefficient (Wildman–Crippen LogP) is 6.03. The van der Waals surface area contributed by atoms with E-state index in [1.165, 1.54) is 12.1 Å². The van der Waals surface area contributed by atoms with Crippen LogP contribution in [0.25, 0.3) is 11.1 Å². The molecule has 0 saturated carbocycles. The Morgan fingerprint density at radius 2 is 1.43 bits per heavy atom. The quantitative estimate of drug-likeness (QED) is 0.382. The van der Waals surface area contributed by atoms with Crippen LogP contribution in [0.5, 0.6) is 11.5 Å². The van der Waals surface area contributed by atoms with Gasteiger partial charge in [0.2, 0.25) is 0 Å². The average Bonchev–Trinajstić information content (AvgIpc) is 2.78. The Bertz CT molecular complexity index is 1120. The number of aromatic nitrogens is 1. The third-order valence-corrected chi connectivity index (χ3v) is 4.73. The predicted molar refractivity (Wildman–Crippen MR) is 115 cm³/mol. The summed E-state index contributed by atoms with van der Waals surface area (Å²) in [6.45, 7) is 0. The smallest absolute Gasteiger partial charge is 0.141 e. The highest BCUT2D eigenvalue weighted by atomic mass is 19.1. The van der Waals surface area contributed by atoms with E-state index in [2.05, 4.69) is 4.98 Å². The summed E-state index contributed by atoms with van der Waals surface area (Å²) < 4.78 is 19.1. The lowest BCUT2D eigenvalue weighted by molar-refractivity contribution is -0.117. The van der Waals surface area contributed by atoms with Crippen LogP contribution in [-0.2, 0) is 17.6 Å². The third-order valence-electron chi connectivity index (χ3n) is 4.73. The van der Waals surface area contributed by atoms with Crippen molar-refractivity contribution in [1.29, 1.82) is 0 Å². The van der Waals surface area contributed by atoms with Crippen molar-refractivity contribution in [3.63, 3.8) is 0 Å². The molecule has 0 aliphatic rings. The molecule has 0 atom stereocenters. The fourth-order valence-electron chi connectivity index (χ4n) is 3.23. The molecule has 4 rings (SSSR count). The van der Waals surface area contributed by atoms with Crippen LogP contribution < -0.4 is 4.74 Å². The van der Waals surface area contributed by atoms with Gasteiger partial charge in [0.1, 0.15) is 23.1 Å². The van der Waals surface area contributed by atoms with Gasteiger partial charge in [-0.05, 0) is 47.0 Å². The highest BCUT2D eigenvalue weighted by Gasteiger charge is 2.09. The van der Waals surface area contributed by atoms with Crippen LogP contribution in [0.15, 0.2) is 97.3 Å². The normalized spacial score (nSPS) is 10.6. The largest absolute Gasteiger partial charge is 0.457 e. The van der Waals surface area contributed by atoms with E-state index in [0.29, 0.717) is 12.2 Å². The van der Waals surface area contributed by atoms with Crippen molar-refractivity contribution in [1.82, 2.24) is 4.98 Å². The maximum atomic E-state index is 13.0. The Morgan fingerprint density at radius 1 is 0.800 bits per heavy atom. The van der Waals surface area contributed by atoms with E-state index >= 15 is 0 Å². The molecule has 0 amide bonds. The highest BCUT2D eigenvalue weighted by molar-refractivity contribution is 5.83. The van der Waals surface area contributed by atoms with Crippen molar-refractivity contribution in [3.8, 4) is 22.6 Å². The van der Waals surface area contributed by atoms with Crippen LogP contribution >= 0.6 is 0 Å². The maximum Gasteiger partial charge on any atom is 0.141 e. The van der Waals surface area contributed by atoms with Gasteiger partial charge in [0.25, 0.3) is 0 Å². The number of pyridine rings is 1. The number of Topliss-reactive ketones (excluding diaryl/α,β-unsaturated/α-hetero) is 1. The van der Waals surface area contributed by atoms with Crippen molar-refractivity contribution in [2.75, 3.05) is 0 Å². The molecule has 0 saturated heterocycles. The van der Waals surface area contributed by atoms with Gasteiger partial charge in [-0.2, -0.15) is 0 Å². The molecule has 0 fully saturated rings. The number of hydrogen-bond acceptors (Lipinski definition) is 3. The second kappa shape index (κ2) is 9.14. The van der Waals surface area contributed by atoms with Gasteiger partial charge in [0.15, 0.2) is 0 Å². The zero-order chi connectivity index (χ0) is 20.8. The van der Waals surface area contributed by atoms with E-state index in [1.807, 2.05) is 60.7 Å². The van der Waals surface area contributed by atoms with Crippen LogP contribution in [0.4, 0.5) is 4.39 Å². The minimum atomic E-state index is -0.300.